The van der Waals surface area contributed by atoms with E-state index >= 15 is 0 Å². The largest absolute Gasteiger partial charge is 0.143 e. The highest BCUT2D eigenvalue weighted by Crippen LogP contribution is 2.43. The van der Waals surface area contributed by atoms with Gasteiger partial charge in [0.05, 0.1) is 5.38 Å². The van der Waals surface area contributed by atoms with E-state index < -0.39 is 0 Å². The third-order valence-electron chi connectivity index (χ3n) is 3.62. The van der Waals surface area contributed by atoms with E-state index in [1.54, 1.807) is 0 Å². The van der Waals surface area contributed by atoms with Gasteiger partial charge in [0.1, 0.15) is 0 Å². The van der Waals surface area contributed by atoms with Crippen LogP contribution in [0.2, 0.25) is 0 Å². The molecule has 1 aliphatic carbocycles. The van der Waals surface area contributed by atoms with Crippen LogP contribution in [0.3, 0.4) is 0 Å². The number of halogens is 2. The van der Waals surface area contributed by atoms with Crippen molar-refractivity contribution in [3.8, 4) is 0 Å². The molecular weight excluding hydrogens is 304 g/mol. The quantitative estimate of drug-likeness (QED) is 0.593. The molecule has 1 aromatic rings. The van der Waals surface area contributed by atoms with Crippen molar-refractivity contribution in [3.05, 3.63) is 20.3 Å². The van der Waals surface area contributed by atoms with Crippen LogP contribution >= 0.6 is 38.9 Å². The van der Waals surface area contributed by atoms with E-state index in [4.69, 9.17) is 11.6 Å². The van der Waals surface area contributed by atoms with Gasteiger partial charge in [-0.25, -0.2) is 0 Å². The highest BCUT2D eigenvalue weighted by atomic mass is 79.9. The van der Waals surface area contributed by atoms with Gasteiger partial charge < -0.3 is 0 Å². The van der Waals surface area contributed by atoms with Crippen molar-refractivity contribution >= 4 is 38.9 Å². The van der Waals surface area contributed by atoms with Crippen LogP contribution in [0, 0.1) is 18.8 Å². The van der Waals surface area contributed by atoms with E-state index in [0.29, 0.717) is 5.92 Å². The molecule has 0 bridgehead atoms. The summed E-state index contributed by atoms with van der Waals surface area (Å²) in [7, 11) is 0. The molecule has 0 nitrogen and oxygen atoms in total. The fraction of sp³-hybridized carbons (Fsp3) is 0.692. The number of hydrogen-bond acceptors (Lipinski definition) is 1. The lowest BCUT2D eigenvalue weighted by molar-refractivity contribution is 0.284. The standard InChI is InChI=1S/C13H18BrClS/c1-8-3-5-10(6-4-8)13(15)12-7-11(14)9(2)16-12/h7-8,10,13H,3-6H2,1-2H3. The molecule has 1 aliphatic rings. The molecule has 0 amide bonds. The van der Waals surface area contributed by atoms with Crippen molar-refractivity contribution in [1.29, 1.82) is 0 Å². The fourth-order valence-electron chi connectivity index (χ4n) is 2.43. The minimum absolute atomic E-state index is 0.225. The van der Waals surface area contributed by atoms with Crippen LogP contribution in [0.25, 0.3) is 0 Å². The number of rotatable bonds is 2. The summed E-state index contributed by atoms with van der Waals surface area (Å²) in [5, 5.41) is 0.225. The Balaban J connectivity index is 2.04. The summed E-state index contributed by atoms with van der Waals surface area (Å²) in [5.74, 6) is 1.58. The Kier molecular flexibility index (Phi) is 4.37. The lowest BCUT2D eigenvalue weighted by atomic mass is 9.81. The van der Waals surface area contributed by atoms with Gasteiger partial charge >= 0.3 is 0 Å². The molecule has 90 valence electrons. The highest BCUT2D eigenvalue weighted by molar-refractivity contribution is 9.10. The fourth-order valence-corrected chi connectivity index (χ4v) is 4.51. The van der Waals surface area contributed by atoms with Crippen molar-refractivity contribution in [2.45, 2.75) is 44.9 Å². The Hall–Kier alpha value is 0.470. The van der Waals surface area contributed by atoms with E-state index in [2.05, 4.69) is 35.8 Å². The van der Waals surface area contributed by atoms with Gasteiger partial charge in [0.2, 0.25) is 0 Å². The minimum Gasteiger partial charge on any atom is -0.143 e. The van der Waals surface area contributed by atoms with Gasteiger partial charge in [0.25, 0.3) is 0 Å². The van der Waals surface area contributed by atoms with Crippen LogP contribution in [-0.4, -0.2) is 0 Å². The molecule has 1 fully saturated rings. The van der Waals surface area contributed by atoms with Gasteiger partial charge in [-0.05, 0) is 53.6 Å². The Morgan fingerprint density at radius 3 is 2.50 bits per heavy atom. The van der Waals surface area contributed by atoms with E-state index in [9.17, 15) is 0 Å². The molecule has 0 saturated heterocycles. The molecule has 1 heterocycles. The summed E-state index contributed by atoms with van der Waals surface area (Å²) in [4.78, 5) is 2.68. The normalized spacial score (nSPS) is 28.0. The predicted molar refractivity (Wildman–Crippen MR) is 76.5 cm³/mol. The SMILES string of the molecule is Cc1sc(C(Cl)C2CCC(C)CC2)cc1Br. The van der Waals surface area contributed by atoms with Crippen LogP contribution in [0.15, 0.2) is 10.5 Å². The Morgan fingerprint density at radius 2 is 2.00 bits per heavy atom. The van der Waals surface area contributed by atoms with Crippen LogP contribution in [0.1, 0.15) is 47.7 Å². The summed E-state index contributed by atoms with van der Waals surface area (Å²) in [6.07, 6.45) is 5.28. The molecule has 1 atom stereocenters. The molecule has 1 saturated carbocycles. The monoisotopic (exact) mass is 320 g/mol. The average Bonchev–Trinajstić information content (AvgIpc) is 2.59. The van der Waals surface area contributed by atoms with Crippen molar-refractivity contribution < 1.29 is 0 Å². The first-order chi connectivity index (χ1) is 7.58. The number of aryl methyl sites for hydroxylation is 1. The van der Waals surface area contributed by atoms with Crippen LogP contribution in [0.5, 0.6) is 0 Å². The first kappa shape index (κ1) is 12.9. The molecule has 1 unspecified atom stereocenters. The third-order valence-corrected chi connectivity index (χ3v) is 6.56. The average molecular weight is 322 g/mol. The molecule has 3 heteroatoms. The summed E-state index contributed by atoms with van der Waals surface area (Å²) >= 11 is 12.0. The summed E-state index contributed by atoms with van der Waals surface area (Å²) < 4.78 is 1.21. The predicted octanol–water partition coefficient (Wildman–Crippen LogP) is 5.93. The number of thiophene rings is 1. The molecule has 2 rings (SSSR count). The van der Waals surface area contributed by atoms with E-state index in [-0.39, 0.29) is 5.38 Å². The lowest BCUT2D eigenvalue weighted by Gasteiger charge is -2.29. The maximum Gasteiger partial charge on any atom is 0.0707 e. The van der Waals surface area contributed by atoms with Crippen LogP contribution in [-0.2, 0) is 0 Å². The van der Waals surface area contributed by atoms with Gasteiger partial charge in [0.15, 0.2) is 0 Å². The molecule has 16 heavy (non-hydrogen) atoms. The zero-order valence-electron chi connectivity index (χ0n) is 9.80. The van der Waals surface area contributed by atoms with Crippen LogP contribution in [0.4, 0.5) is 0 Å². The second kappa shape index (κ2) is 5.41. The van der Waals surface area contributed by atoms with Crippen molar-refractivity contribution in [3.63, 3.8) is 0 Å². The number of alkyl halides is 1. The van der Waals surface area contributed by atoms with Gasteiger partial charge in [0, 0.05) is 14.2 Å². The van der Waals surface area contributed by atoms with E-state index in [1.165, 1.54) is 39.9 Å². The lowest BCUT2D eigenvalue weighted by Crippen LogP contribution is -2.15. The Labute approximate surface area is 116 Å². The molecule has 0 aromatic carbocycles. The first-order valence-electron chi connectivity index (χ1n) is 5.98. The third kappa shape index (κ3) is 2.83. The Morgan fingerprint density at radius 1 is 1.38 bits per heavy atom. The van der Waals surface area contributed by atoms with E-state index in [1.807, 2.05) is 11.3 Å². The van der Waals surface area contributed by atoms with Crippen molar-refractivity contribution in [2.24, 2.45) is 11.8 Å². The second-order valence-electron chi connectivity index (χ2n) is 4.97. The molecule has 0 radical (unpaired) electrons. The van der Waals surface area contributed by atoms with Gasteiger partial charge in [-0.15, -0.1) is 22.9 Å². The maximum atomic E-state index is 6.61. The minimum atomic E-state index is 0.225. The van der Waals surface area contributed by atoms with Gasteiger partial charge in [-0.3, -0.25) is 0 Å². The van der Waals surface area contributed by atoms with E-state index in [0.717, 1.165) is 5.92 Å². The highest BCUT2D eigenvalue weighted by Gasteiger charge is 2.27. The van der Waals surface area contributed by atoms with Crippen LogP contribution < -0.4 is 0 Å². The molecule has 0 spiro atoms. The zero-order valence-corrected chi connectivity index (χ0v) is 13.0. The van der Waals surface area contributed by atoms with Crippen molar-refractivity contribution in [1.82, 2.24) is 0 Å². The molecular formula is C13H18BrClS. The van der Waals surface area contributed by atoms with Gasteiger partial charge in [-0.2, -0.15) is 0 Å². The second-order valence-corrected chi connectivity index (χ2v) is 7.59. The van der Waals surface area contributed by atoms with Crippen molar-refractivity contribution in [2.75, 3.05) is 0 Å². The molecule has 0 aliphatic heterocycles. The zero-order chi connectivity index (χ0) is 11.7. The summed E-state index contributed by atoms with van der Waals surface area (Å²) in [6.45, 7) is 4.50. The first-order valence-corrected chi connectivity index (χ1v) is 8.02. The smallest absolute Gasteiger partial charge is 0.0707 e. The van der Waals surface area contributed by atoms with Gasteiger partial charge in [-0.1, -0.05) is 19.8 Å². The summed E-state index contributed by atoms with van der Waals surface area (Å²) in [5.41, 5.74) is 0. The Bertz CT molecular complexity index is 333. The molecule has 0 N–H and O–H groups in total. The maximum absolute atomic E-state index is 6.61. The molecule has 1 aromatic heterocycles. The number of hydrogen-bond donors (Lipinski definition) is 0. The summed E-state index contributed by atoms with van der Waals surface area (Å²) in [6, 6.07) is 2.20. The topological polar surface area (TPSA) is 0 Å².